The van der Waals surface area contributed by atoms with Crippen LogP contribution in [-0.2, 0) is 49.3 Å². The minimum atomic E-state index is -2.47. The van der Waals surface area contributed by atoms with E-state index in [-0.39, 0.29) is 43.3 Å². The molecule has 2 aliphatic heterocycles. The molecule has 12 atom stereocenters. The molecule has 7 rings (SSSR count). The van der Waals surface area contributed by atoms with Crippen molar-refractivity contribution < 1.29 is 93.0 Å². The zero-order valence-corrected chi connectivity index (χ0v) is 53.8. The third-order valence-corrected chi connectivity index (χ3v) is 18.0. The first-order valence-electron chi connectivity index (χ1n) is 31.0. The normalized spacial score (nSPS) is 22.3. The molecule has 2 aliphatic rings. The lowest BCUT2D eigenvalue weighted by atomic mass is 9.88. The van der Waals surface area contributed by atoms with Gasteiger partial charge in [-0.2, -0.15) is 23.5 Å². The van der Waals surface area contributed by atoms with Gasteiger partial charge in [-0.3, -0.25) is 33.6 Å². The van der Waals surface area contributed by atoms with E-state index >= 15 is 0 Å². The second kappa shape index (κ2) is 36.4. The highest BCUT2D eigenvalue weighted by molar-refractivity contribution is 7.99. The fourth-order valence-corrected chi connectivity index (χ4v) is 12.5. The number of thioether (sulfide) groups is 2. The summed E-state index contributed by atoms with van der Waals surface area (Å²) in [5.41, 5.74) is 5.42. The summed E-state index contributed by atoms with van der Waals surface area (Å²) < 4.78 is 23.5. The van der Waals surface area contributed by atoms with E-state index in [0.29, 0.717) is 66.2 Å². The van der Waals surface area contributed by atoms with E-state index in [0.717, 1.165) is 34.7 Å². The molecular formula is C68H83N5O19S2. The van der Waals surface area contributed by atoms with Crippen LogP contribution in [0.2, 0.25) is 0 Å². The molecule has 0 unspecified atom stereocenters. The van der Waals surface area contributed by atoms with Gasteiger partial charge in [0.2, 0.25) is 23.5 Å². The smallest absolute Gasteiger partial charge is 0.364 e. The van der Waals surface area contributed by atoms with Crippen molar-refractivity contribution in [2.24, 2.45) is 0 Å². The number of carbonyl (C=O) groups is 8. The first-order valence-corrected chi connectivity index (χ1v) is 33.3. The van der Waals surface area contributed by atoms with E-state index in [9.17, 15) is 74.1 Å². The molecule has 2 fully saturated rings. The molecule has 5 amide bonds. The van der Waals surface area contributed by atoms with Gasteiger partial charge in [0.1, 0.15) is 24.4 Å². The average molecular weight is 1340 g/mol. The second-order valence-corrected chi connectivity index (χ2v) is 25.4. The Balaban J connectivity index is 0.764. The number of aliphatic hydroxyl groups is 6. The number of hydrogen-bond acceptors (Lipinski definition) is 20. The maximum atomic E-state index is 13.1. The molecule has 2 heterocycles. The summed E-state index contributed by atoms with van der Waals surface area (Å²) in [4.78, 5) is 102. The molecule has 2 saturated heterocycles. The van der Waals surface area contributed by atoms with Gasteiger partial charge < -0.3 is 81.3 Å². The first-order chi connectivity index (χ1) is 45.1. The van der Waals surface area contributed by atoms with E-state index in [1.807, 2.05) is 91.0 Å². The van der Waals surface area contributed by atoms with Crippen molar-refractivity contribution in [2.75, 3.05) is 55.9 Å². The number of ketones is 1. The average Bonchev–Trinajstić information content (AvgIpc) is 0.783. The zero-order chi connectivity index (χ0) is 67.8. The minimum absolute atomic E-state index is 0.00836. The highest BCUT2D eigenvalue weighted by Crippen LogP contribution is 2.35. The Morgan fingerprint density at radius 1 is 0.574 bits per heavy atom. The third kappa shape index (κ3) is 21.5. The number of carboxylic acid groups (broad SMARTS) is 1. The number of Topliss-reactive ketones (excluding diaryl/α,β-unsaturated/α-hetero) is 1. The van der Waals surface area contributed by atoms with Crippen molar-refractivity contribution in [3.05, 3.63) is 156 Å². The summed E-state index contributed by atoms with van der Waals surface area (Å²) in [6.07, 6.45) is -12.6. The number of nitrogens with one attached hydrogen (secondary N) is 5. The molecule has 0 saturated carbocycles. The van der Waals surface area contributed by atoms with Crippen LogP contribution in [0, 0.1) is 0 Å². The third-order valence-electron chi connectivity index (χ3n) is 15.8. The number of carbonyl (C=O) groups excluding carboxylic acids is 7. The summed E-state index contributed by atoms with van der Waals surface area (Å²) in [6.45, 7) is 1.57. The van der Waals surface area contributed by atoms with Gasteiger partial charge >= 0.3 is 5.97 Å². The van der Waals surface area contributed by atoms with Gasteiger partial charge in [0, 0.05) is 75.2 Å². The summed E-state index contributed by atoms with van der Waals surface area (Å²) in [5, 5.41) is 90.3. The van der Waals surface area contributed by atoms with Gasteiger partial charge in [-0.05, 0) is 88.6 Å². The molecule has 0 aromatic heterocycles. The van der Waals surface area contributed by atoms with Gasteiger partial charge in [0.15, 0.2) is 12.1 Å². The second-order valence-electron chi connectivity index (χ2n) is 23.0. The topological polar surface area (TPSA) is 375 Å². The molecule has 506 valence electrons. The maximum Gasteiger partial charge on any atom is 0.364 e. The van der Waals surface area contributed by atoms with Crippen LogP contribution in [0.4, 0.5) is 0 Å². The van der Waals surface area contributed by atoms with Crippen LogP contribution in [0.1, 0.15) is 89.0 Å². The molecule has 94 heavy (non-hydrogen) atoms. The number of carboxylic acids is 1. The Kier molecular flexibility index (Phi) is 28.7. The number of aliphatic hydroxyl groups excluding tert-OH is 6. The van der Waals surface area contributed by atoms with Crippen molar-refractivity contribution in [1.82, 2.24) is 26.6 Å². The van der Waals surface area contributed by atoms with E-state index in [4.69, 9.17) is 18.9 Å². The highest BCUT2D eigenvalue weighted by Gasteiger charge is 2.56. The van der Waals surface area contributed by atoms with Crippen LogP contribution >= 0.6 is 23.5 Å². The van der Waals surface area contributed by atoms with Crippen molar-refractivity contribution in [2.45, 2.75) is 131 Å². The van der Waals surface area contributed by atoms with E-state index < -0.39 is 128 Å². The number of aliphatic carboxylic acids is 1. The maximum absolute atomic E-state index is 13.1. The number of amides is 5. The van der Waals surface area contributed by atoms with Gasteiger partial charge in [0.25, 0.3) is 17.6 Å². The molecule has 26 heteroatoms. The fraction of sp³-hybridized carbons (Fsp3) is 0.441. The monoisotopic (exact) mass is 1340 g/mol. The molecule has 0 radical (unpaired) electrons. The Bertz CT molecular complexity index is 3300. The number of aldehydes is 1. The van der Waals surface area contributed by atoms with E-state index in [1.54, 1.807) is 42.5 Å². The quantitative estimate of drug-likeness (QED) is 0.0156. The molecule has 24 nitrogen and oxygen atoms in total. The van der Waals surface area contributed by atoms with Crippen molar-refractivity contribution in [3.8, 4) is 22.3 Å². The molecule has 12 N–H and O–H groups in total. The summed E-state index contributed by atoms with van der Waals surface area (Å²) in [5.74, 6) is -6.68. The van der Waals surface area contributed by atoms with Crippen LogP contribution in [0.3, 0.4) is 0 Å². The van der Waals surface area contributed by atoms with Crippen LogP contribution in [0.15, 0.2) is 133 Å². The number of hydrogen-bond donors (Lipinski definition) is 12. The van der Waals surface area contributed by atoms with Crippen LogP contribution < -0.4 is 26.6 Å². The molecular weight excluding hydrogens is 1250 g/mol. The first kappa shape index (κ1) is 74.0. The fourth-order valence-electron chi connectivity index (χ4n) is 10.8. The summed E-state index contributed by atoms with van der Waals surface area (Å²) in [7, 11) is 0. The van der Waals surface area contributed by atoms with Gasteiger partial charge in [-0.1, -0.05) is 109 Å². The Morgan fingerprint density at radius 2 is 1.09 bits per heavy atom. The molecule has 0 spiro atoms. The SMILES string of the molecule is CC(=O)N[C@H]1[C@H]([C@H](O)[C@H](O)CNC(=O)Cc2ccc(-c3ccccc3)cc2)O[C@](C=O)(OCCCSCCNC(=O)c2ccc(C(=O)CCCSCCCO[C@]3(C(=O)O)C[C@H](O)[C@@H](NC(C)=O)[C@H]([C@H](O)[C@H](O)CNC(=O)c4cccc(-c5ccccc5)c4)O3)cc2)C[C@@H]1O. The number of rotatable bonds is 36. The van der Waals surface area contributed by atoms with Crippen LogP contribution in [0.25, 0.3) is 22.3 Å². The Morgan fingerprint density at radius 3 is 1.68 bits per heavy atom. The van der Waals surface area contributed by atoms with Crippen molar-refractivity contribution in [3.63, 3.8) is 0 Å². The van der Waals surface area contributed by atoms with Crippen molar-refractivity contribution >= 4 is 71.1 Å². The number of ether oxygens (including phenoxy) is 4. The molecule has 0 bridgehead atoms. The molecule has 5 aromatic carbocycles. The van der Waals surface area contributed by atoms with Gasteiger partial charge in [-0.25, -0.2) is 4.79 Å². The minimum Gasteiger partial charge on any atom is -0.477 e. The van der Waals surface area contributed by atoms with Crippen molar-refractivity contribution in [1.29, 1.82) is 0 Å². The lowest BCUT2D eigenvalue weighted by Gasteiger charge is -2.46. The largest absolute Gasteiger partial charge is 0.477 e. The van der Waals surface area contributed by atoms with Gasteiger partial charge in [-0.15, -0.1) is 0 Å². The lowest BCUT2D eigenvalue weighted by molar-refractivity contribution is -0.310. The Labute approximate surface area is 553 Å². The van der Waals surface area contributed by atoms with Crippen LogP contribution in [-0.4, -0.2) is 212 Å². The lowest BCUT2D eigenvalue weighted by Crippen LogP contribution is -2.68. The predicted octanol–water partition coefficient (Wildman–Crippen LogP) is 3.21. The zero-order valence-electron chi connectivity index (χ0n) is 52.2. The van der Waals surface area contributed by atoms with Crippen LogP contribution in [0.5, 0.6) is 0 Å². The van der Waals surface area contributed by atoms with E-state index in [2.05, 4.69) is 26.6 Å². The molecule has 0 aliphatic carbocycles. The van der Waals surface area contributed by atoms with E-state index in [1.165, 1.54) is 30.4 Å². The Hall–Kier alpha value is -7.44. The van der Waals surface area contributed by atoms with Gasteiger partial charge in [0.05, 0.1) is 56.1 Å². The summed E-state index contributed by atoms with van der Waals surface area (Å²) in [6, 6.07) is 37.0. The summed E-state index contributed by atoms with van der Waals surface area (Å²) >= 11 is 2.98. The molecule has 5 aromatic rings. The number of benzene rings is 5. The highest BCUT2D eigenvalue weighted by atomic mass is 32.2. The standard InChI is InChI=1S/C68H83N5O19S2/c1-42(75)72-58-53(78)37-67(41-74,91-62(58)60(83)55(80)39-70-57(82)35-44-20-22-47(23-21-44)45-13-5-3-6-14-45)89-29-11-33-94-34-28-69-64(85)49-26-24-48(25-27-49)52(77)19-10-31-93-32-12-30-90-68(66(87)88)38-54(79)59(73-43(2)76)63(92-68)61(84)56(81)40-71-65(86)51-18-9-17-50(36-51)46-15-7-4-8-16-46/h3-9,13-18,20-27,36,41,53-56,58-63,78-81,83-84H,10-12,19,28-35,37-40H2,1-2H3,(H,69,85)(H,70,82)(H,71,86)(H,72,75)(H,73,76)(H,87,88)/t53-,54-,55+,56+,58+,59+,60+,61+,62+,63+,67+,68+/m0/s1. The predicted molar refractivity (Wildman–Crippen MR) is 350 cm³/mol.